The van der Waals surface area contributed by atoms with E-state index in [0.29, 0.717) is 26.7 Å². The number of nitrogens with one attached hydrogen (secondary N) is 1. The van der Waals surface area contributed by atoms with Gasteiger partial charge in [0.05, 0.1) is 11.2 Å². The molecule has 2 aromatic heterocycles. The predicted octanol–water partition coefficient (Wildman–Crippen LogP) is 5.78. The first-order valence-corrected chi connectivity index (χ1v) is 11.2. The Labute approximate surface area is 185 Å². The molecule has 1 saturated heterocycles. The number of aromatic amines is 1. The Bertz CT molecular complexity index is 1030. The van der Waals surface area contributed by atoms with Crippen LogP contribution in [0.25, 0.3) is 21.7 Å². The highest BCUT2D eigenvalue weighted by Crippen LogP contribution is 2.42. The monoisotopic (exact) mass is 448 g/mol. The lowest BCUT2D eigenvalue weighted by molar-refractivity contribution is -0.0326. The van der Waals surface area contributed by atoms with E-state index >= 15 is 0 Å². The van der Waals surface area contributed by atoms with Gasteiger partial charge in [-0.15, -0.1) is 10.2 Å². The molecule has 0 spiro atoms. The minimum Gasteiger partial charge on any atom is -0.285 e. The molecule has 0 aliphatic carbocycles. The first kappa shape index (κ1) is 21.2. The van der Waals surface area contributed by atoms with Gasteiger partial charge in [-0.3, -0.25) is 10.1 Å². The molecule has 1 fully saturated rings. The molecule has 0 bridgehead atoms. The highest BCUT2D eigenvalue weighted by atomic mass is 35.5. The van der Waals surface area contributed by atoms with E-state index in [2.05, 4.69) is 58.1 Å². The van der Waals surface area contributed by atoms with Gasteiger partial charge in [-0.25, -0.2) is 9.40 Å². The number of aromatic nitrogens is 4. The third-order valence-corrected chi connectivity index (χ3v) is 7.15. The smallest absolute Gasteiger partial charge is 0.222 e. The van der Waals surface area contributed by atoms with Crippen molar-refractivity contribution in [2.45, 2.75) is 58.0 Å². The molecular formula is C21H26ClFN6S. The zero-order chi connectivity index (χ0) is 21.7. The van der Waals surface area contributed by atoms with Crippen LogP contribution in [0.3, 0.4) is 0 Å². The Hall–Kier alpha value is -2.03. The van der Waals surface area contributed by atoms with Crippen LogP contribution in [-0.4, -0.2) is 43.5 Å². The van der Waals surface area contributed by atoms with Gasteiger partial charge in [-0.1, -0.05) is 22.9 Å². The van der Waals surface area contributed by atoms with E-state index in [9.17, 15) is 4.39 Å². The van der Waals surface area contributed by atoms with Crippen molar-refractivity contribution < 1.29 is 4.39 Å². The zero-order valence-corrected chi connectivity index (χ0v) is 19.4. The molecule has 0 atom stereocenters. The Morgan fingerprint density at radius 3 is 2.47 bits per heavy atom. The normalized spacial score (nSPS) is 18.5. The van der Waals surface area contributed by atoms with E-state index in [1.165, 1.54) is 23.8 Å². The molecule has 3 heterocycles. The minimum absolute atomic E-state index is 0.00166. The SMILES string of the molecule is CN(c1nnc(-c2cc(F)c(-c3cn[nH]c3)cc2Cl)s1)N1C(C)(C)CCCC1(C)C. The Kier molecular flexibility index (Phi) is 5.36. The summed E-state index contributed by atoms with van der Waals surface area (Å²) in [6.07, 6.45) is 6.62. The van der Waals surface area contributed by atoms with Crippen LogP contribution in [0.5, 0.6) is 0 Å². The fourth-order valence-electron chi connectivity index (χ4n) is 4.67. The topological polar surface area (TPSA) is 60.9 Å². The van der Waals surface area contributed by atoms with Gasteiger partial charge in [0, 0.05) is 41.0 Å². The fourth-order valence-corrected chi connectivity index (χ4v) is 5.81. The first-order valence-electron chi connectivity index (χ1n) is 9.96. The largest absolute Gasteiger partial charge is 0.285 e. The number of H-pyrrole nitrogens is 1. The molecule has 1 aliphatic rings. The standard InChI is InChI=1S/C21H26ClFN6S/c1-20(2)7-6-8-21(3,4)29(20)28(5)19-27-26-18(30-19)15-10-17(23)14(9-16(15)22)13-11-24-25-12-13/h9-12H,6-8H2,1-5H3,(H,24,25). The summed E-state index contributed by atoms with van der Waals surface area (Å²) in [5.74, 6) is -0.376. The van der Waals surface area contributed by atoms with Crippen molar-refractivity contribution in [3.05, 3.63) is 35.4 Å². The van der Waals surface area contributed by atoms with E-state index in [4.69, 9.17) is 11.6 Å². The molecule has 3 aromatic rings. The molecule has 1 aromatic carbocycles. The Morgan fingerprint density at radius 1 is 1.13 bits per heavy atom. The van der Waals surface area contributed by atoms with Crippen LogP contribution in [0.1, 0.15) is 47.0 Å². The summed E-state index contributed by atoms with van der Waals surface area (Å²) in [5.41, 5.74) is 1.58. The number of halogens is 2. The molecule has 6 nitrogen and oxygen atoms in total. The fraction of sp³-hybridized carbons (Fsp3) is 0.476. The van der Waals surface area contributed by atoms with Gasteiger partial charge in [0.2, 0.25) is 5.13 Å². The van der Waals surface area contributed by atoms with Crippen LogP contribution in [0.4, 0.5) is 9.52 Å². The van der Waals surface area contributed by atoms with Crippen LogP contribution >= 0.6 is 22.9 Å². The van der Waals surface area contributed by atoms with Gasteiger partial charge in [0.25, 0.3) is 0 Å². The Balaban J connectivity index is 1.67. The molecule has 0 saturated carbocycles. The van der Waals surface area contributed by atoms with E-state index in [1.54, 1.807) is 18.5 Å². The van der Waals surface area contributed by atoms with Crippen molar-refractivity contribution in [1.29, 1.82) is 0 Å². The molecule has 0 radical (unpaired) electrons. The lowest BCUT2D eigenvalue weighted by Crippen LogP contribution is -2.64. The molecule has 9 heteroatoms. The summed E-state index contributed by atoms with van der Waals surface area (Å²) in [4.78, 5) is 0. The number of benzene rings is 1. The summed E-state index contributed by atoms with van der Waals surface area (Å²) in [6, 6.07) is 3.03. The average molecular weight is 449 g/mol. The second-order valence-electron chi connectivity index (χ2n) is 9.00. The second-order valence-corrected chi connectivity index (χ2v) is 10.4. The van der Waals surface area contributed by atoms with Gasteiger partial charge in [0.1, 0.15) is 5.82 Å². The Morgan fingerprint density at radius 2 is 1.83 bits per heavy atom. The van der Waals surface area contributed by atoms with Crippen LogP contribution in [-0.2, 0) is 0 Å². The van der Waals surface area contributed by atoms with Gasteiger partial charge in [-0.05, 0) is 59.1 Å². The van der Waals surface area contributed by atoms with E-state index in [1.807, 2.05) is 7.05 Å². The third-order valence-electron chi connectivity index (χ3n) is 5.81. The van der Waals surface area contributed by atoms with Crippen molar-refractivity contribution in [3.8, 4) is 21.7 Å². The maximum atomic E-state index is 14.8. The quantitative estimate of drug-likeness (QED) is 0.548. The number of hydrogen-bond acceptors (Lipinski definition) is 6. The number of rotatable bonds is 4. The number of piperidine rings is 1. The van der Waals surface area contributed by atoms with Crippen molar-refractivity contribution in [2.75, 3.05) is 12.1 Å². The number of hydrogen-bond donors (Lipinski definition) is 1. The highest BCUT2D eigenvalue weighted by Gasteiger charge is 2.44. The van der Waals surface area contributed by atoms with Crippen molar-refractivity contribution in [1.82, 2.24) is 25.4 Å². The molecule has 30 heavy (non-hydrogen) atoms. The van der Waals surface area contributed by atoms with Gasteiger partial charge in [-0.2, -0.15) is 5.10 Å². The van der Waals surface area contributed by atoms with E-state index < -0.39 is 0 Å². The summed E-state index contributed by atoms with van der Waals surface area (Å²) in [5, 5.41) is 21.5. The zero-order valence-electron chi connectivity index (χ0n) is 17.8. The van der Waals surface area contributed by atoms with Crippen LogP contribution in [0.2, 0.25) is 5.02 Å². The summed E-state index contributed by atoms with van der Waals surface area (Å²) in [7, 11) is 2.02. The third kappa shape index (κ3) is 3.72. The molecule has 0 unspecified atom stereocenters. The van der Waals surface area contributed by atoms with Crippen molar-refractivity contribution in [2.24, 2.45) is 0 Å². The molecular weight excluding hydrogens is 423 g/mol. The predicted molar refractivity (Wildman–Crippen MR) is 120 cm³/mol. The molecule has 4 rings (SSSR count). The average Bonchev–Trinajstić information content (AvgIpc) is 3.33. The second kappa shape index (κ2) is 7.59. The maximum absolute atomic E-state index is 14.8. The van der Waals surface area contributed by atoms with Gasteiger partial charge >= 0.3 is 0 Å². The van der Waals surface area contributed by atoms with Crippen molar-refractivity contribution in [3.63, 3.8) is 0 Å². The van der Waals surface area contributed by atoms with Crippen LogP contribution < -0.4 is 5.01 Å². The first-order chi connectivity index (χ1) is 14.1. The van der Waals surface area contributed by atoms with E-state index in [-0.39, 0.29) is 16.9 Å². The molecule has 1 N–H and O–H groups in total. The van der Waals surface area contributed by atoms with Gasteiger partial charge in [0.15, 0.2) is 5.01 Å². The summed E-state index contributed by atoms with van der Waals surface area (Å²) in [6.45, 7) is 9.03. The number of nitrogens with zero attached hydrogens (tertiary/aromatic N) is 5. The summed E-state index contributed by atoms with van der Waals surface area (Å²) >= 11 is 7.91. The van der Waals surface area contributed by atoms with Gasteiger partial charge < -0.3 is 0 Å². The van der Waals surface area contributed by atoms with Crippen LogP contribution in [0.15, 0.2) is 24.5 Å². The van der Waals surface area contributed by atoms with E-state index in [0.717, 1.165) is 18.0 Å². The highest BCUT2D eigenvalue weighted by molar-refractivity contribution is 7.18. The summed E-state index contributed by atoms with van der Waals surface area (Å²) < 4.78 is 14.8. The number of anilines is 1. The molecule has 160 valence electrons. The van der Waals surface area contributed by atoms with Crippen LogP contribution in [0, 0.1) is 5.82 Å². The lowest BCUT2D eigenvalue weighted by atomic mass is 9.81. The maximum Gasteiger partial charge on any atom is 0.222 e. The molecule has 1 aliphatic heterocycles. The lowest BCUT2D eigenvalue weighted by Gasteiger charge is -2.55. The molecule has 0 amide bonds. The van der Waals surface area contributed by atoms with Crippen molar-refractivity contribution >= 4 is 28.1 Å². The number of hydrazine groups is 1. The minimum atomic E-state index is -0.376.